The van der Waals surface area contributed by atoms with Crippen LogP contribution in [0, 0.1) is 0 Å². The summed E-state index contributed by atoms with van der Waals surface area (Å²) in [6.07, 6.45) is 3.70. The molecule has 3 aromatic rings. The summed E-state index contributed by atoms with van der Waals surface area (Å²) in [6, 6.07) is 7.18. The largest absolute Gasteiger partial charge is 0.337 e. The van der Waals surface area contributed by atoms with Gasteiger partial charge in [0.15, 0.2) is 0 Å². The summed E-state index contributed by atoms with van der Waals surface area (Å²) in [7, 11) is 1.90. The second kappa shape index (κ2) is 6.66. The first kappa shape index (κ1) is 15.9. The molecule has 3 rings (SSSR count). The van der Waals surface area contributed by atoms with Crippen LogP contribution >= 0.6 is 0 Å². The molecule has 7 nitrogen and oxygen atoms in total. The van der Waals surface area contributed by atoms with Gasteiger partial charge in [0.05, 0.1) is 24.0 Å². The Morgan fingerprint density at radius 2 is 2.04 bits per heavy atom. The minimum Gasteiger partial charge on any atom is -0.337 e. The maximum Gasteiger partial charge on any atom is 0.272 e. The number of aromatic nitrogens is 4. The van der Waals surface area contributed by atoms with Gasteiger partial charge in [-0.05, 0) is 13.0 Å². The average Bonchev–Trinajstić information content (AvgIpc) is 3.00. The Bertz CT molecular complexity index is 928. The van der Waals surface area contributed by atoms with Crippen molar-refractivity contribution in [2.75, 3.05) is 6.54 Å². The lowest BCUT2D eigenvalue weighted by atomic mass is 10.1. The highest BCUT2D eigenvalue weighted by Crippen LogP contribution is 2.14. The molecule has 0 aliphatic heterocycles. The quantitative estimate of drug-likeness (QED) is 0.765. The predicted octanol–water partition coefficient (Wildman–Crippen LogP) is 1.25. The summed E-state index contributed by atoms with van der Waals surface area (Å²) in [4.78, 5) is 30.5. The normalized spacial score (nSPS) is 10.9. The van der Waals surface area contributed by atoms with Gasteiger partial charge >= 0.3 is 0 Å². The first-order valence-electron chi connectivity index (χ1n) is 7.80. The third-order valence-corrected chi connectivity index (χ3v) is 4.08. The van der Waals surface area contributed by atoms with Crippen LogP contribution in [0.15, 0.2) is 41.5 Å². The van der Waals surface area contributed by atoms with Gasteiger partial charge in [0.1, 0.15) is 5.82 Å². The zero-order valence-electron chi connectivity index (χ0n) is 13.7. The van der Waals surface area contributed by atoms with Crippen molar-refractivity contribution in [1.82, 2.24) is 24.6 Å². The van der Waals surface area contributed by atoms with Crippen molar-refractivity contribution in [2.24, 2.45) is 7.05 Å². The van der Waals surface area contributed by atoms with Gasteiger partial charge in [0, 0.05) is 31.4 Å². The van der Waals surface area contributed by atoms with E-state index in [1.807, 2.05) is 36.9 Å². The van der Waals surface area contributed by atoms with Crippen LogP contribution in [0.4, 0.5) is 0 Å². The Morgan fingerprint density at radius 3 is 2.71 bits per heavy atom. The summed E-state index contributed by atoms with van der Waals surface area (Å²) >= 11 is 0. The van der Waals surface area contributed by atoms with Crippen LogP contribution in [0.5, 0.6) is 0 Å². The molecule has 0 unspecified atom stereocenters. The zero-order chi connectivity index (χ0) is 17.1. The van der Waals surface area contributed by atoms with Gasteiger partial charge in [0.2, 0.25) is 5.91 Å². The highest BCUT2D eigenvalue weighted by Gasteiger charge is 2.17. The summed E-state index contributed by atoms with van der Waals surface area (Å²) in [6.45, 7) is 2.95. The second-order valence-electron chi connectivity index (χ2n) is 5.58. The van der Waals surface area contributed by atoms with Gasteiger partial charge in [-0.3, -0.25) is 9.59 Å². The van der Waals surface area contributed by atoms with Gasteiger partial charge < -0.3 is 9.47 Å². The number of carbonyl (C=O) groups is 1. The number of fused-ring (bicyclic) bond motifs is 1. The van der Waals surface area contributed by atoms with Crippen LogP contribution < -0.4 is 5.56 Å². The lowest BCUT2D eigenvalue weighted by Gasteiger charge is -2.20. The Morgan fingerprint density at radius 1 is 1.29 bits per heavy atom. The molecule has 124 valence electrons. The van der Waals surface area contributed by atoms with Crippen LogP contribution in [-0.2, 0) is 24.8 Å². The van der Waals surface area contributed by atoms with E-state index in [-0.39, 0.29) is 17.9 Å². The van der Waals surface area contributed by atoms with E-state index in [9.17, 15) is 9.59 Å². The molecule has 2 heterocycles. The van der Waals surface area contributed by atoms with Gasteiger partial charge in [0.25, 0.3) is 5.56 Å². The van der Waals surface area contributed by atoms with Crippen LogP contribution in [0.25, 0.3) is 10.8 Å². The fourth-order valence-corrected chi connectivity index (χ4v) is 2.66. The average molecular weight is 325 g/mol. The fraction of sp³-hybridized carbons (Fsp3) is 0.294. The maximum atomic E-state index is 12.7. The summed E-state index contributed by atoms with van der Waals surface area (Å²) < 4.78 is 1.89. The minimum atomic E-state index is -0.248. The molecule has 0 spiro atoms. The van der Waals surface area contributed by atoms with Crippen LogP contribution in [0.1, 0.15) is 18.4 Å². The number of benzene rings is 1. The molecule has 0 radical (unpaired) electrons. The molecular formula is C17H19N5O2. The third kappa shape index (κ3) is 3.05. The summed E-state index contributed by atoms with van der Waals surface area (Å²) in [5.41, 5.74) is 0.329. The Labute approximate surface area is 138 Å². The van der Waals surface area contributed by atoms with Gasteiger partial charge in [-0.1, -0.05) is 18.2 Å². The van der Waals surface area contributed by atoms with E-state index in [0.717, 1.165) is 5.82 Å². The molecule has 1 amide bonds. The topological polar surface area (TPSA) is 83.9 Å². The smallest absolute Gasteiger partial charge is 0.272 e. The molecule has 0 aliphatic carbocycles. The number of nitrogens with one attached hydrogen (secondary N) is 1. The summed E-state index contributed by atoms with van der Waals surface area (Å²) in [5.74, 6) is 0.773. The standard InChI is InChI=1S/C17H19N5O2/c1-3-22(11-15-18-8-9-21(15)2)16(23)10-14-12-6-4-5-7-13(12)17(24)20-19-14/h4-9H,3,10-11H2,1-2H3,(H,20,24). The molecule has 0 bridgehead atoms. The number of hydrogen-bond acceptors (Lipinski definition) is 4. The van der Waals surface area contributed by atoms with Crippen molar-refractivity contribution in [3.63, 3.8) is 0 Å². The van der Waals surface area contributed by atoms with Crippen LogP contribution in [-0.4, -0.2) is 37.1 Å². The third-order valence-electron chi connectivity index (χ3n) is 4.08. The number of hydrogen-bond donors (Lipinski definition) is 1. The molecule has 0 aliphatic rings. The van der Waals surface area contributed by atoms with E-state index >= 15 is 0 Å². The number of likely N-dealkylation sites (N-methyl/N-ethyl adjacent to an activating group) is 1. The van der Waals surface area contributed by atoms with E-state index in [1.165, 1.54) is 0 Å². The molecule has 2 aromatic heterocycles. The molecule has 7 heteroatoms. The van der Waals surface area contributed by atoms with Crippen molar-refractivity contribution in [3.05, 3.63) is 58.5 Å². The molecule has 0 fully saturated rings. The van der Waals surface area contributed by atoms with Gasteiger partial charge in [-0.25, -0.2) is 10.1 Å². The van der Waals surface area contributed by atoms with E-state index in [0.29, 0.717) is 29.6 Å². The molecule has 1 aromatic carbocycles. The molecule has 0 atom stereocenters. The van der Waals surface area contributed by atoms with Crippen LogP contribution in [0.2, 0.25) is 0 Å². The second-order valence-corrected chi connectivity index (χ2v) is 5.58. The number of nitrogens with zero attached hydrogens (tertiary/aromatic N) is 4. The first-order valence-corrected chi connectivity index (χ1v) is 7.80. The van der Waals surface area contributed by atoms with Crippen LogP contribution in [0.3, 0.4) is 0 Å². The van der Waals surface area contributed by atoms with E-state index < -0.39 is 0 Å². The number of imidazole rings is 1. The SMILES string of the molecule is CCN(Cc1nccn1C)C(=O)Cc1n[nH]c(=O)c2ccccc12. The lowest BCUT2D eigenvalue weighted by molar-refractivity contribution is -0.131. The fourth-order valence-electron chi connectivity index (χ4n) is 2.66. The summed E-state index contributed by atoms with van der Waals surface area (Å²) in [5, 5.41) is 7.79. The van der Waals surface area contributed by atoms with Crippen molar-refractivity contribution in [2.45, 2.75) is 19.9 Å². The van der Waals surface area contributed by atoms with E-state index in [2.05, 4.69) is 15.2 Å². The minimum absolute atomic E-state index is 0.0507. The molecule has 0 saturated heterocycles. The van der Waals surface area contributed by atoms with Crippen molar-refractivity contribution in [3.8, 4) is 0 Å². The van der Waals surface area contributed by atoms with E-state index in [4.69, 9.17) is 0 Å². The Balaban J connectivity index is 1.85. The number of H-pyrrole nitrogens is 1. The van der Waals surface area contributed by atoms with Crippen molar-refractivity contribution >= 4 is 16.7 Å². The Kier molecular flexibility index (Phi) is 4.41. The highest BCUT2D eigenvalue weighted by atomic mass is 16.2. The number of carbonyl (C=O) groups excluding carboxylic acids is 1. The number of aryl methyl sites for hydroxylation is 1. The Hall–Kier alpha value is -2.96. The van der Waals surface area contributed by atoms with Crippen molar-refractivity contribution < 1.29 is 4.79 Å². The lowest BCUT2D eigenvalue weighted by Crippen LogP contribution is -2.33. The molecular weight excluding hydrogens is 306 g/mol. The highest BCUT2D eigenvalue weighted by molar-refractivity contribution is 5.88. The number of aromatic amines is 1. The van der Waals surface area contributed by atoms with E-state index in [1.54, 1.807) is 23.2 Å². The zero-order valence-corrected chi connectivity index (χ0v) is 13.7. The molecule has 0 saturated carbocycles. The first-order chi connectivity index (χ1) is 11.6. The van der Waals surface area contributed by atoms with Crippen molar-refractivity contribution in [1.29, 1.82) is 0 Å². The monoisotopic (exact) mass is 325 g/mol. The molecule has 1 N–H and O–H groups in total. The predicted molar refractivity (Wildman–Crippen MR) is 90.4 cm³/mol. The molecule has 24 heavy (non-hydrogen) atoms. The van der Waals surface area contributed by atoms with Gasteiger partial charge in [-0.2, -0.15) is 5.10 Å². The van der Waals surface area contributed by atoms with Gasteiger partial charge in [-0.15, -0.1) is 0 Å². The number of rotatable bonds is 5. The number of amides is 1. The maximum absolute atomic E-state index is 12.7.